The molecule has 0 bridgehead atoms. The van der Waals surface area contributed by atoms with E-state index in [0.29, 0.717) is 30.6 Å². The number of hydrogen-bond acceptors (Lipinski definition) is 7. The zero-order chi connectivity index (χ0) is 31.4. The topological polar surface area (TPSA) is 89.1 Å². The highest BCUT2D eigenvalue weighted by atomic mass is 32.2. The van der Waals surface area contributed by atoms with E-state index in [4.69, 9.17) is 0 Å². The number of piperidine rings is 1. The largest absolute Gasteiger partial charge is 0.338 e. The minimum atomic E-state index is -3.15. The zero-order valence-electron chi connectivity index (χ0n) is 26.7. The Kier molecular flexibility index (Phi) is 10.6. The van der Waals surface area contributed by atoms with Crippen LogP contribution in [0, 0.1) is 11.7 Å². The quantitative estimate of drug-likeness (QED) is 0.434. The van der Waals surface area contributed by atoms with Crippen LogP contribution in [0.1, 0.15) is 75.2 Å². The molecule has 1 N–H and O–H groups in total. The lowest BCUT2D eigenvalue weighted by Crippen LogP contribution is -2.47. The Morgan fingerprint density at radius 3 is 2.43 bits per heavy atom. The molecular formula is C33H49FN6O3S. The molecule has 1 aromatic heterocycles. The molecule has 0 radical (unpaired) electrons. The van der Waals surface area contributed by atoms with E-state index in [9.17, 15) is 17.6 Å². The number of rotatable bonds is 9. The van der Waals surface area contributed by atoms with Crippen LogP contribution >= 0.6 is 0 Å². The van der Waals surface area contributed by atoms with Gasteiger partial charge in [0.2, 0.25) is 10.0 Å². The molecule has 2 fully saturated rings. The van der Waals surface area contributed by atoms with E-state index in [2.05, 4.69) is 30.5 Å². The fourth-order valence-electron chi connectivity index (χ4n) is 7.41. The third kappa shape index (κ3) is 7.97. The van der Waals surface area contributed by atoms with Gasteiger partial charge in [-0.05, 0) is 108 Å². The molecular weight excluding hydrogens is 579 g/mol. The van der Waals surface area contributed by atoms with Crippen molar-refractivity contribution in [2.24, 2.45) is 5.92 Å². The Morgan fingerprint density at radius 1 is 1.05 bits per heavy atom. The van der Waals surface area contributed by atoms with Crippen molar-refractivity contribution < 1.29 is 17.6 Å². The van der Waals surface area contributed by atoms with Gasteiger partial charge in [0.25, 0.3) is 5.91 Å². The number of benzene rings is 1. The third-order valence-electron chi connectivity index (χ3n) is 9.68. The van der Waals surface area contributed by atoms with Gasteiger partial charge in [-0.25, -0.2) is 17.5 Å². The molecule has 1 aliphatic carbocycles. The fraction of sp³-hybridized carbons (Fsp3) is 0.636. The first kappa shape index (κ1) is 32.8. The molecule has 0 spiro atoms. The van der Waals surface area contributed by atoms with Crippen molar-refractivity contribution >= 4 is 27.3 Å². The number of nitrogens with zero attached hydrogens (tertiary/aromatic N) is 5. The molecule has 242 valence electrons. The number of nitrogens with one attached hydrogen (secondary N) is 1. The summed E-state index contributed by atoms with van der Waals surface area (Å²) in [6.45, 7) is 12.0. The Balaban J connectivity index is 1.24. The maximum atomic E-state index is 14.5. The van der Waals surface area contributed by atoms with Gasteiger partial charge in [0, 0.05) is 57.0 Å². The van der Waals surface area contributed by atoms with Crippen molar-refractivity contribution in [2.75, 3.05) is 50.4 Å². The highest BCUT2D eigenvalue weighted by Crippen LogP contribution is 2.36. The molecule has 2 aliphatic heterocycles. The van der Waals surface area contributed by atoms with Crippen LogP contribution < -0.4 is 9.62 Å². The summed E-state index contributed by atoms with van der Waals surface area (Å²) >= 11 is 0. The van der Waals surface area contributed by atoms with Crippen molar-refractivity contribution in [1.29, 1.82) is 0 Å². The van der Waals surface area contributed by atoms with Crippen LogP contribution in [0.5, 0.6) is 0 Å². The lowest BCUT2D eigenvalue weighted by atomic mass is 9.85. The summed E-state index contributed by atoms with van der Waals surface area (Å²) in [7, 11) is -3.15. The number of hydrogen-bond donors (Lipinski definition) is 1. The number of amides is 1. The van der Waals surface area contributed by atoms with E-state index in [1.165, 1.54) is 24.0 Å². The van der Waals surface area contributed by atoms with Gasteiger partial charge in [-0.15, -0.1) is 0 Å². The Labute approximate surface area is 262 Å². The first-order valence-corrected chi connectivity index (χ1v) is 18.2. The number of aromatic nitrogens is 1. The van der Waals surface area contributed by atoms with Crippen LogP contribution in [0.4, 0.5) is 15.8 Å². The van der Waals surface area contributed by atoms with Gasteiger partial charge in [-0.2, -0.15) is 0 Å². The SMILES string of the molecule is CCN(C(=O)c1cc(F)ccc1N1CCN(C2CCN(C[C@H]3CC[C@H](NS(C)(=O)=O)CC3)CC2)Cc2ccncc21)C(C)C. The monoisotopic (exact) mass is 628 g/mol. The summed E-state index contributed by atoms with van der Waals surface area (Å²) in [6, 6.07) is 7.20. The summed E-state index contributed by atoms with van der Waals surface area (Å²) < 4.78 is 40.5. The highest BCUT2D eigenvalue weighted by Gasteiger charge is 2.32. The molecule has 0 atom stereocenters. The van der Waals surface area contributed by atoms with E-state index >= 15 is 0 Å². The molecule has 0 unspecified atom stereocenters. The Hall–Kier alpha value is -2.60. The Morgan fingerprint density at radius 2 is 1.77 bits per heavy atom. The van der Waals surface area contributed by atoms with E-state index in [1.807, 2.05) is 33.2 Å². The van der Waals surface area contributed by atoms with Crippen LogP contribution in [-0.2, 0) is 16.6 Å². The van der Waals surface area contributed by atoms with Gasteiger partial charge in [-0.1, -0.05) is 0 Å². The predicted molar refractivity (Wildman–Crippen MR) is 173 cm³/mol. The van der Waals surface area contributed by atoms with Gasteiger partial charge >= 0.3 is 0 Å². The Bertz CT molecular complexity index is 1390. The second kappa shape index (κ2) is 14.2. The highest BCUT2D eigenvalue weighted by molar-refractivity contribution is 7.88. The lowest BCUT2D eigenvalue weighted by Gasteiger charge is -2.40. The van der Waals surface area contributed by atoms with Gasteiger partial charge in [0.15, 0.2) is 0 Å². The number of carbonyl (C=O) groups is 1. The average Bonchev–Trinajstić information content (AvgIpc) is 3.18. The summed E-state index contributed by atoms with van der Waals surface area (Å²) in [5, 5.41) is 0. The summed E-state index contributed by atoms with van der Waals surface area (Å²) in [5.74, 6) is 0.0587. The van der Waals surface area contributed by atoms with Crippen molar-refractivity contribution in [3.63, 3.8) is 0 Å². The molecule has 1 aromatic carbocycles. The normalized spacial score (nSPS) is 22.5. The predicted octanol–water partition coefficient (Wildman–Crippen LogP) is 4.62. The number of sulfonamides is 1. The minimum absolute atomic E-state index is 0.00924. The van der Waals surface area contributed by atoms with Gasteiger partial charge in [-0.3, -0.25) is 14.7 Å². The number of likely N-dealkylation sites (tertiary alicyclic amines) is 1. The standard InChI is InChI=1S/C33H49FN6O3S/c1-5-39(24(2)3)33(41)30-20-27(34)8-11-31(30)40-19-18-38(23-26-12-15-35-21-32(26)40)29-13-16-37(17-14-29)22-25-6-9-28(10-7-25)36-44(4,42)43/h8,11-12,15,20-21,24-25,28-29,36H,5-7,9-10,13-14,16-19,22-23H2,1-4H3/t25-,28-. The fourth-order valence-corrected chi connectivity index (χ4v) is 8.25. The van der Waals surface area contributed by atoms with Crippen LogP contribution in [0.3, 0.4) is 0 Å². The first-order valence-electron chi connectivity index (χ1n) is 16.3. The molecule has 1 saturated carbocycles. The van der Waals surface area contributed by atoms with Crippen LogP contribution in [0.2, 0.25) is 0 Å². The van der Waals surface area contributed by atoms with Gasteiger partial charge in [0.1, 0.15) is 5.82 Å². The van der Waals surface area contributed by atoms with Crippen LogP contribution in [0.25, 0.3) is 0 Å². The summed E-state index contributed by atoms with van der Waals surface area (Å²) in [4.78, 5) is 27.2. The smallest absolute Gasteiger partial charge is 0.256 e. The van der Waals surface area contributed by atoms with E-state index in [1.54, 1.807) is 11.0 Å². The second-order valence-corrected chi connectivity index (χ2v) is 14.9. The van der Waals surface area contributed by atoms with Crippen molar-refractivity contribution in [3.8, 4) is 0 Å². The number of carbonyl (C=O) groups excluding carboxylic acids is 1. The minimum Gasteiger partial charge on any atom is -0.338 e. The molecule has 9 nitrogen and oxygen atoms in total. The lowest BCUT2D eigenvalue weighted by molar-refractivity contribution is 0.0717. The third-order valence-corrected chi connectivity index (χ3v) is 10.4. The molecule has 44 heavy (non-hydrogen) atoms. The number of pyridine rings is 1. The van der Waals surface area contributed by atoms with E-state index in [-0.39, 0.29) is 18.0 Å². The van der Waals surface area contributed by atoms with Crippen molar-refractivity contribution in [2.45, 2.75) is 84.0 Å². The number of halogens is 1. The van der Waals surface area contributed by atoms with Gasteiger partial charge in [0.05, 0.1) is 29.4 Å². The summed E-state index contributed by atoms with van der Waals surface area (Å²) in [5.41, 5.74) is 3.25. The van der Waals surface area contributed by atoms with Crippen molar-refractivity contribution in [3.05, 3.63) is 53.6 Å². The zero-order valence-corrected chi connectivity index (χ0v) is 27.5. The maximum Gasteiger partial charge on any atom is 0.256 e. The summed E-state index contributed by atoms with van der Waals surface area (Å²) in [6.07, 6.45) is 11.1. The molecule has 5 rings (SSSR count). The number of fused-ring (bicyclic) bond motifs is 1. The van der Waals surface area contributed by atoms with Crippen LogP contribution in [0.15, 0.2) is 36.7 Å². The molecule has 11 heteroatoms. The average molecular weight is 629 g/mol. The molecule has 3 aliphatic rings. The van der Waals surface area contributed by atoms with Crippen molar-refractivity contribution in [1.82, 2.24) is 24.4 Å². The molecule has 1 amide bonds. The van der Waals surface area contributed by atoms with E-state index < -0.39 is 15.8 Å². The number of anilines is 2. The maximum absolute atomic E-state index is 14.5. The second-order valence-electron chi connectivity index (χ2n) is 13.1. The van der Waals surface area contributed by atoms with Gasteiger partial charge < -0.3 is 14.7 Å². The molecule has 2 aromatic rings. The molecule has 1 saturated heterocycles. The molecule has 3 heterocycles. The van der Waals surface area contributed by atoms with Crippen LogP contribution in [-0.4, -0.2) is 97.7 Å². The van der Waals surface area contributed by atoms with E-state index in [0.717, 1.165) is 82.6 Å². The first-order chi connectivity index (χ1) is 21.0.